The Kier molecular flexibility index (Phi) is 8.06. The Morgan fingerprint density at radius 2 is 1.57 bits per heavy atom. The molecule has 0 aliphatic heterocycles. The lowest BCUT2D eigenvalue weighted by atomic mass is 9.84. The van der Waals surface area contributed by atoms with E-state index in [4.69, 9.17) is 9.84 Å². The lowest BCUT2D eigenvalue weighted by molar-refractivity contribution is -0.141. The van der Waals surface area contributed by atoms with Gasteiger partial charge in [0.2, 0.25) is 5.91 Å². The highest BCUT2D eigenvalue weighted by atomic mass is 16.5. The SMILES string of the molecule is CC(CNC(=O)C(CC1CCCCC1)NC(=O)OCC1c2ccccc2-c2ccccc21)C(=O)O. The summed E-state index contributed by atoms with van der Waals surface area (Å²) in [6, 6.07) is 15.5. The minimum atomic E-state index is -0.973. The van der Waals surface area contributed by atoms with Crippen molar-refractivity contribution < 1.29 is 24.2 Å². The lowest BCUT2D eigenvalue weighted by Crippen LogP contribution is -2.49. The molecule has 7 heteroatoms. The van der Waals surface area contributed by atoms with E-state index in [1.165, 1.54) is 13.3 Å². The molecule has 2 aromatic rings. The maximum absolute atomic E-state index is 12.9. The quantitative estimate of drug-likeness (QED) is 0.485. The zero-order valence-corrected chi connectivity index (χ0v) is 20.2. The summed E-state index contributed by atoms with van der Waals surface area (Å²) in [5.41, 5.74) is 4.56. The largest absolute Gasteiger partial charge is 0.481 e. The fourth-order valence-electron chi connectivity index (χ4n) is 5.23. The molecule has 4 rings (SSSR count). The molecule has 2 atom stereocenters. The summed E-state index contributed by atoms with van der Waals surface area (Å²) in [5.74, 6) is -1.75. The molecule has 0 aromatic heterocycles. The van der Waals surface area contributed by atoms with Crippen molar-refractivity contribution in [2.45, 2.75) is 57.4 Å². The van der Waals surface area contributed by atoms with Gasteiger partial charge in [-0.1, -0.05) is 87.6 Å². The van der Waals surface area contributed by atoms with Gasteiger partial charge >= 0.3 is 12.1 Å². The van der Waals surface area contributed by atoms with Crippen LogP contribution in [0.1, 0.15) is 62.5 Å². The van der Waals surface area contributed by atoms with E-state index in [2.05, 4.69) is 34.9 Å². The molecular weight excluding hydrogens is 444 g/mol. The van der Waals surface area contributed by atoms with Gasteiger partial charge in [0.1, 0.15) is 12.6 Å². The third-order valence-corrected chi connectivity index (χ3v) is 7.25. The normalized spacial score (nSPS) is 17.1. The summed E-state index contributed by atoms with van der Waals surface area (Å²) in [4.78, 5) is 36.8. The Morgan fingerprint density at radius 3 is 2.17 bits per heavy atom. The molecule has 2 aromatic carbocycles. The average molecular weight is 479 g/mol. The number of alkyl carbamates (subject to hydrolysis) is 1. The van der Waals surface area contributed by atoms with Crippen LogP contribution in [-0.2, 0) is 14.3 Å². The molecule has 1 fully saturated rings. The minimum absolute atomic E-state index is 0.0156. The number of carboxylic acids is 1. The first kappa shape index (κ1) is 24.8. The average Bonchev–Trinajstić information content (AvgIpc) is 3.19. The van der Waals surface area contributed by atoms with Gasteiger partial charge in [0.05, 0.1) is 5.92 Å². The Hall–Kier alpha value is -3.35. The first-order chi connectivity index (χ1) is 16.9. The zero-order chi connectivity index (χ0) is 24.8. The molecule has 0 spiro atoms. The summed E-state index contributed by atoms with van der Waals surface area (Å²) in [6.07, 6.45) is 5.40. The first-order valence-electron chi connectivity index (χ1n) is 12.6. The van der Waals surface area contributed by atoms with Crippen molar-refractivity contribution >= 4 is 18.0 Å². The van der Waals surface area contributed by atoms with Crippen LogP contribution < -0.4 is 10.6 Å². The van der Waals surface area contributed by atoms with Gasteiger partial charge in [-0.2, -0.15) is 0 Å². The fourth-order valence-corrected chi connectivity index (χ4v) is 5.23. The van der Waals surface area contributed by atoms with Gasteiger partial charge in [0, 0.05) is 12.5 Å². The van der Waals surface area contributed by atoms with E-state index >= 15 is 0 Å². The highest BCUT2D eigenvalue weighted by molar-refractivity contribution is 5.86. The van der Waals surface area contributed by atoms with Crippen molar-refractivity contribution in [3.63, 3.8) is 0 Å². The zero-order valence-electron chi connectivity index (χ0n) is 20.2. The summed E-state index contributed by atoms with van der Waals surface area (Å²) < 4.78 is 5.65. The molecule has 0 saturated heterocycles. The predicted molar refractivity (Wildman–Crippen MR) is 133 cm³/mol. The van der Waals surface area contributed by atoms with E-state index in [-0.39, 0.29) is 25.0 Å². The molecule has 2 unspecified atom stereocenters. The number of rotatable bonds is 9. The van der Waals surface area contributed by atoms with Gasteiger partial charge in [-0.15, -0.1) is 0 Å². The van der Waals surface area contributed by atoms with Crippen molar-refractivity contribution in [1.82, 2.24) is 10.6 Å². The van der Waals surface area contributed by atoms with Crippen molar-refractivity contribution in [2.24, 2.45) is 11.8 Å². The number of carbonyl (C=O) groups excluding carboxylic acids is 2. The van der Waals surface area contributed by atoms with Crippen molar-refractivity contribution in [3.05, 3.63) is 59.7 Å². The number of hydrogen-bond acceptors (Lipinski definition) is 4. The van der Waals surface area contributed by atoms with E-state index in [9.17, 15) is 14.4 Å². The number of carbonyl (C=O) groups is 3. The number of carboxylic acid groups (broad SMARTS) is 1. The van der Waals surface area contributed by atoms with Crippen molar-refractivity contribution in [1.29, 1.82) is 0 Å². The van der Waals surface area contributed by atoms with Gasteiger partial charge in [-0.25, -0.2) is 4.79 Å². The minimum Gasteiger partial charge on any atom is -0.481 e. The molecule has 1 saturated carbocycles. The van der Waals surface area contributed by atoms with Crippen LogP contribution in [0.2, 0.25) is 0 Å². The van der Waals surface area contributed by atoms with Gasteiger partial charge < -0.3 is 20.5 Å². The Bertz CT molecular complexity index is 1020. The summed E-state index contributed by atoms with van der Waals surface area (Å²) in [5, 5.41) is 14.6. The van der Waals surface area contributed by atoms with Gasteiger partial charge in [0.15, 0.2) is 0 Å². The summed E-state index contributed by atoms with van der Waals surface area (Å²) in [6.45, 7) is 1.73. The van der Waals surface area contributed by atoms with E-state index in [1.54, 1.807) is 0 Å². The number of ether oxygens (including phenoxy) is 1. The van der Waals surface area contributed by atoms with Crippen LogP contribution in [0, 0.1) is 11.8 Å². The maximum atomic E-state index is 12.9. The van der Waals surface area contributed by atoms with E-state index in [0.717, 1.165) is 47.9 Å². The number of nitrogens with one attached hydrogen (secondary N) is 2. The number of hydrogen-bond donors (Lipinski definition) is 3. The number of amides is 2. The second-order valence-electron chi connectivity index (χ2n) is 9.75. The summed E-state index contributed by atoms with van der Waals surface area (Å²) in [7, 11) is 0. The van der Waals surface area contributed by atoms with Crippen LogP contribution in [-0.4, -0.2) is 42.3 Å². The monoisotopic (exact) mass is 478 g/mol. The van der Waals surface area contributed by atoms with Gasteiger partial charge in [-0.3, -0.25) is 9.59 Å². The molecule has 0 heterocycles. The number of benzene rings is 2. The highest BCUT2D eigenvalue weighted by Crippen LogP contribution is 2.44. The van der Waals surface area contributed by atoms with Gasteiger partial charge in [0.25, 0.3) is 0 Å². The van der Waals surface area contributed by atoms with Crippen molar-refractivity contribution in [3.8, 4) is 11.1 Å². The van der Waals surface area contributed by atoms with Crippen LogP contribution in [0.5, 0.6) is 0 Å². The van der Waals surface area contributed by atoms with Crippen molar-refractivity contribution in [2.75, 3.05) is 13.2 Å². The van der Waals surface area contributed by atoms with E-state index in [0.29, 0.717) is 12.3 Å². The Morgan fingerprint density at radius 1 is 0.971 bits per heavy atom. The maximum Gasteiger partial charge on any atom is 0.407 e. The molecule has 2 aliphatic carbocycles. The number of fused-ring (bicyclic) bond motifs is 3. The second kappa shape index (κ2) is 11.4. The molecule has 7 nitrogen and oxygen atoms in total. The molecule has 2 aliphatic rings. The molecule has 3 N–H and O–H groups in total. The Balaban J connectivity index is 1.40. The second-order valence-corrected chi connectivity index (χ2v) is 9.75. The molecule has 35 heavy (non-hydrogen) atoms. The van der Waals surface area contributed by atoms with E-state index < -0.39 is 24.0 Å². The lowest BCUT2D eigenvalue weighted by Gasteiger charge is -2.27. The topological polar surface area (TPSA) is 105 Å². The Labute approximate surface area is 206 Å². The molecular formula is C28H34N2O5. The molecule has 2 amide bonds. The smallest absolute Gasteiger partial charge is 0.407 e. The van der Waals surface area contributed by atoms with Crippen LogP contribution in [0.25, 0.3) is 11.1 Å². The van der Waals surface area contributed by atoms with Crippen LogP contribution in [0.4, 0.5) is 4.79 Å². The molecule has 0 radical (unpaired) electrons. The standard InChI is InChI=1S/C28H34N2O5/c1-18(27(32)33)16-29-26(31)25(15-19-9-3-2-4-10-19)30-28(34)35-17-24-22-13-7-5-11-20(22)21-12-6-8-14-23(21)24/h5-8,11-14,18-19,24-25H,2-4,9-10,15-17H2,1H3,(H,29,31)(H,30,34)(H,32,33). The highest BCUT2D eigenvalue weighted by Gasteiger charge is 2.31. The van der Waals surface area contributed by atoms with Crippen LogP contribution >= 0.6 is 0 Å². The third kappa shape index (κ3) is 6.02. The summed E-state index contributed by atoms with van der Waals surface area (Å²) >= 11 is 0. The van der Waals surface area contributed by atoms with Crippen LogP contribution in [0.3, 0.4) is 0 Å². The first-order valence-corrected chi connectivity index (χ1v) is 12.6. The molecule has 186 valence electrons. The third-order valence-electron chi connectivity index (χ3n) is 7.25. The predicted octanol–water partition coefficient (Wildman–Crippen LogP) is 4.70. The number of aliphatic carboxylic acids is 1. The molecule has 0 bridgehead atoms. The fraction of sp³-hybridized carbons (Fsp3) is 0.464. The van der Waals surface area contributed by atoms with Gasteiger partial charge in [-0.05, 0) is 34.6 Å². The van der Waals surface area contributed by atoms with E-state index in [1.807, 2.05) is 24.3 Å². The van der Waals surface area contributed by atoms with Crippen LogP contribution in [0.15, 0.2) is 48.5 Å².